The summed E-state index contributed by atoms with van der Waals surface area (Å²) in [5.74, 6) is 0.460. The summed E-state index contributed by atoms with van der Waals surface area (Å²) in [7, 11) is 5.63. The first-order chi connectivity index (χ1) is 12.2. The fraction of sp³-hybridized carbons (Fsp3) is 0.409. The van der Waals surface area contributed by atoms with E-state index in [0.29, 0.717) is 17.9 Å². The highest BCUT2D eigenvalue weighted by molar-refractivity contribution is 5.96. The van der Waals surface area contributed by atoms with Crippen LogP contribution in [-0.4, -0.2) is 38.6 Å². The molecule has 1 N–H and O–H groups in total. The van der Waals surface area contributed by atoms with Crippen molar-refractivity contribution in [1.29, 1.82) is 0 Å². The van der Waals surface area contributed by atoms with Gasteiger partial charge in [0.1, 0.15) is 5.75 Å². The summed E-state index contributed by atoms with van der Waals surface area (Å²) in [5.41, 5.74) is 3.17. The minimum Gasteiger partial charge on any atom is -0.496 e. The summed E-state index contributed by atoms with van der Waals surface area (Å²) in [5, 5.41) is 3.04. The third-order valence-corrected chi connectivity index (χ3v) is 4.59. The zero-order chi connectivity index (χ0) is 19.3. The smallest absolute Gasteiger partial charge is 0.255 e. The molecule has 1 atom stereocenters. The molecule has 140 valence electrons. The van der Waals surface area contributed by atoms with Crippen LogP contribution in [0.4, 0.5) is 0 Å². The van der Waals surface area contributed by atoms with Crippen molar-refractivity contribution >= 4 is 5.91 Å². The van der Waals surface area contributed by atoms with Crippen LogP contribution in [0.25, 0.3) is 0 Å². The first-order valence-corrected chi connectivity index (χ1v) is 8.92. The Bertz CT molecular complexity index is 731. The molecule has 0 aromatic heterocycles. The molecule has 4 heteroatoms. The Morgan fingerprint density at radius 1 is 1.08 bits per heavy atom. The van der Waals surface area contributed by atoms with E-state index in [1.54, 1.807) is 19.2 Å². The van der Waals surface area contributed by atoms with Crippen molar-refractivity contribution in [1.82, 2.24) is 10.2 Å². The number of carbonyl (C=O) groups excluding carboxylic acids is 1. The number of hydrogen-bond donors (Lipinski definition) is 1. The molecular formula is C22H30N2O2. The van der Waals surface area contributed by atoms with Crippen LogP contribution in [0, 0.1) is 0 Å². The van der Waals surface area contributed by atoms with Crippen molar-refractivity contribution in [2.75, 3.05) is 27.7 Å². The van der Waals surface area contributed by atoms with Crippen LogP contribution in [0.5, 0.6) is 5.75 Å². The van der Waals surface area contributed by atoms with Gasteiger partial charge >= 0.3 is 0 Å². The molecule has 0 heterocycles. The Kier molecular flexibility index (Phi) is 6.43. The Labute approximate surface area is 157 Å². The fourth-order valence-electron chi connectivity index (χ4n) is 2.92. The maximum absolute atomic E-state index is 12.6. The number of para-hydroxylation sites is 1. The number of likely N-dealkylation sites (N-methyl/N-ethyl adjacent to an activating group) is 1. The molecule has 26 heavy (non-hydrogen) atoms. The highest BCUT2D eigenvalue weighted by Gasteiger charge is 2.19. The van der Waals surface area contributed by atoms with Gasteiger partial charge in [-0.2, -0.15) is 0 Å². The highest BCUT2D eigenvalue weighted by Crippen LogP contribution is 2.25. The molecule has 0 unspecified atom stereocenters. The van der Waals surface area contributed by atoms with Gasteiger partial charge in [-0.1, -0.05) is 57.2 Å². The normalized spacial score (nSPS) is 12.7. The van der Waals surface area contributed by atoms with E-state index in [9.17, 15) is 4.79 Å². The molecule has 0 bridgehead atoms. The Morgan fingerprint density at radius 2 is 1.69 bits per heavy atom. The lowest BCUT2D eigenvalue weighted by atomic mass is 9.86. The molecule has 2 rings (SSSR count). The van der Waals surface area contributed by atoms with E-state index in [2.05, 4.69) is 55.3 Å². The number of hydrogen-bond acceptors (Lipinski definition) is 3. The number of nitrogens with one attached hydrogen (secondary N) is 1. The third-order valence-electron chi connectivity index (χ3n) is 4.59. The van der Waals surface area contributed by atoms with Crippen LogP contribution in [-0.2, 0) is 5.41 Å². The monoisotopic (exact) mass is 354 g/mol. The van der Waals surface area contributed by atoms with Gasteiger partial charge in [-0.15, -0.1) is 0 Å². The van der Waals surface area contributed by atoms with Crippen LogP contribution in [0.1, 0.15) is 48.3 Å². The fourth-order valence-corrected chi connectivity index (χ4v) is 2.92. The summed E-state index contributed by atoms with van der Waals surface area (Å²) in [4.78, 5) is 14.7. The van der Waals surface area contributed by atoms with E-state index in [4.69, 9.17) is 4.74 Å². The van der Waals surface area contributed by atoms with Gasteiger partial charge in [-0.05, 0) is 42.8 Å². The van der Waals surface area contributed by atoms with Gasteiger partial charge in [0.05, 0.1) is 18.7 Å². The molecular weight excluding hydrogens is 324 g/mol. The summed E-state index contributed by atoms with van der Waals surface area (Å²) >= 11 is 0. The van der Waals surface area contributed by atoms with Crippen molar-refractivity contribution < 1.29 is 9.53 Å². The summed E-state index contributed by atoms with van der Waals surface area (Å²) in [6, 6.07) is 16.0. The molecule has 0 saturated heterocycles. The van der Waals surface area contributed by atoms with Gasteiger partial charge in [0, 0.05) is 6.54 Å². The Morgan fingerprint density at radius 3 is 2.23 bits per heavy atom. The van der Waals surface area contributed by atoms with Crippen molar-refractivity contribution in [2.45, 2.75) is 32.2 Å². The van der Waals surface area contributed by atoms with E-state index in [0.717, 1.165) is 0 Å². The molecule has 0 radical (unpaired) electrons. The SMILES string of the molecule is COc1ccccc1C(=O)NC[C@@H](c1ccc(C(C)(C)C)cc1)N(C)C. The third kappa shape index (κ3) is 4.85. The zero-order valence-electron chi connectivity index (χ0n) is 16.7. The average molecular weight is 354 g/mol. The number of carbonyl (C=O) groups is 1. The minimum absolute atomic E-state index is 0.0997. The Hall–Kier alpha value is -2.33. The standard InChI is InChI=1S/C22H30N2O2/c1-22(2,3)17-13-11-16(12-14-17)19(24(4)5)15-23-21(25)18-9-7-8-10-20(18)26-6/h7-14,19H,15H2,1-6H3,(H,23,25)/t19-/m0/s1. The highest BCUT2D eigenvalue weighted by atomic mass is 16.5. The number of amides is 1. The lowest BCUT2D eigenvalue weighted by Gasteiger charge is -2.26. The number of rotatable bonds is 6. The number of nitrogens with zero attached hydrogens (tertiary/aromatic N) is 1. The first kappa shape index (κ1) is 20.0. The molecule has 0 saturated carbocycles. The largest absolute Gasteiger partial charge is 0.496 e. The van der Waals surface area contributed by atoms with Gasteiger partial charge < -0.3 is 15.0 Å². The van der Waals surface area contributed by atoms with Crippen LogP contribution >= 0.6 is 0 Å². The van der Waals surface area contributed by atoms with Gasteiger partial charge in [0.15, 0.2) is 0 Å². The molecule has 4 nitrogen and oxygen atoms in total. The number of benzene rings is 2. The van der Waals surface area contributed by atoms with Gasteiger partial charge in [-0.3, -0.25) is 4.79 Å². The van der Waals surface area contributed by atoms with E-state index >= 15 is 0 Å². The molecule has 0 aliphatic carbocycles. The van der Waals surface area contributed by atoms with Crippen LogP contribution in [0.3, 0.4) is 0 Å². The predicted octanol–water partition coefficient (Wildman–Crippen LogP) is 4.03. The second kappa shape index (κ2) is 8.37. The maximum Gasteiger partial charge on any atom is 0.255 e. The van der Waals surface area contributed by atoms with Gasteiger partial charge in [0.2, 0.25) is 0 Å². The summed E-state index contributed by atoms with van der Waals surface area (Å²) < 4.78 is 5.28. The molecule has 0 aliphatic rings. The van der Waals surface area contributed by atoms with Crippen LogP contribution in [0.15, 0.2) is 48.5 Å². The van der Waals surface area contributed by atoms with Crippen molar-refractivity contribution in [2.24, 2.45) is 0 Å². The lowest BCUT2D eigenvalue weighted by molar-refractivity contribution is 0.0939. The maximum atomic E-state index is 12.6. The van der Waals surface area contributed by atoms with E-state index in [1.807, 2.05) is 26.2 Å². The minimum atomic E-state index is -0.124. The zero-order valence-corrected chi connectivity index (χ0v) is 16.7. The van der Waals surface area contributed by atoms with E-state index < -0.39 is 0 Å². The molecule has 0 aliphatic heterocycles. The molecule has 0 spiro atoms. The average Bonchev–Trinajstić information content (AvgIpc) is 2.61. The molecule has 1 amide bonds. The summed E-state index contributed by atoms with van der Waals surface area (Å²) in [6.07, 6.45) is 0. The topological polar surface area (TPSA) is 41.6 Å². The van der Waals surface area contributed by atoms with Gasteiger partial charge in [0.25, 0.3) is 5.91 Å². The van der Waals surface area contributed by atoms with Gasteiger partial charge in [-0.25, -0.2) is 0 Å². The molecule has 2 aromatic carbocycles. The van der Waals surface area contributed by atoms with Crippen LogP contribution < -0.4 is 10.1 Å². The Balaban J connectivity index is 2.12. The quantitative estimate of drug-likeness (QED) is 0.852. The molecule has 2 aromatic rings. The molecule has 0 fully saturated rings. The first-order valence-electron chi connectivity index (χ1n) is 8.92. The second-order valence-corrected chi connectivity index (χ2v) is 7.76. The van der Waals surface area contributed by atoms with Crippen LogP contribution in [0.2, 0.25) is 0 Å². The number of ether oxygens (including phenoxy) is 1. The van der Waals surface area contributed by atoms with E-state index in [-0.39, 0.29) is 17.4 Å². The summed E-state index contributed by atoms with van der Waals surface area (Å²) in [6.45, 7) is 7.15. The van der Waals surface area contributed by atoms with Crippen molar-refractivity contribution in [3.8, 4) is 5.75 Å². The number of methoxy groups -OCH3 is 1. The van der Waals surface area contributed by atoms with Crippen molar-refractivity contribution in [3.63, 3.8) is 0 Å². The van der Waals surface area contributed by atoms with E-state index in [1.165, 1.54) is 11.1 Å². The second-order valence-electron chi connectivity index (χ2n) is 7.76. The van der Waals surface area contributed by atoms with Crippen molar-refractivity contribution in [3.05, 3.63) is 65.2 Å². The predicted molar refractivity (Wildman–Crippen MR) is 107 cm³/mol. The lowest BCUT2D eigenvalue weighted by Crippen LogP contribution is -2.34.